The first kappa shape index (κ1) is 16.5. The third-order valence-electron chi connectivity index (χ3n) is 3.17. The maximum atomic E-state index is 12.4. The van der Waals surface area contributed by atoms with E-state index >= 15 is 0 Å². The van der Waals surface area contributed by atoms with E-state index < -0.39 is 0 Å². The van der Waals surface area contributed by atoms with Crippen LogP contribution in [0.4, 0.5) is 5.69 Å². The number of nitrogens with one attached hydrogen (secondary N) is 2. The number of rotatable bonds is 7. The Morgan fingerprint density at radius 2 is 1.70 bits per heavy atom. The second-order valence-electron chi connectivity index (χ2n) is 6.19. The van der Waals surface area contributed by atoms with Crippen molar-refractivity contribution < 1.29 is 4.79 Å². The summed E-state index contributed by atoms with van der Waals surface area (Å²) in [6, 6.07) is 8.19. The molecule has 1 rings (SSSR count). The van der Waals surface area contributed by atoms with Crippen molar-refractivity contribution in [2.45, 2.75) is 59.5 Å². The van der Waals surface area contributed by atoms with E-state index in [2.05, 4.69) is 45.3 Å². The molecule has 0 fully saturated rings. The third-order valence-corrected chi connectivity index (χ3v) is 3.17. The molecule has 0 aliphatic heterocycles. The van der Waals surface area contributed by atoms with Gasteiger partial charge in [-0.15, -0.1) is 0 Å². The SMILES string of the molecule is CC(C)CCC(C)NC(=O)c1ccccc1NC(C)C. The fourth-order valence-corrected chi connectivity index (χ4v) is 2.08. The largest absolute Gasteiger partial charge is 0.382 e. The Morgan fingerprint density at radius 3 is 2.30 bits per heavy atom. The van der Waals surface area contributed by atoms with Crippen LogP contribution in [0.25, 0.3) is 0 Å². The zero-order valence-electron chi connectivity index (χ0n) is 13.4. The van der Waals surface area contributed by atoms with E-state index in [-0.39, 0.29) is 11.9 Å². The van der Waals surface area contributed by atoms with Crippen LogP contribution in [0.5, 0.6) is 0 Å². The topological polar surface area (TPSA) is 41.1 Å². The van der Waals surface area contributed by atoms with Crippen LogP contribution in [0.2, 0.25) is 0 Å². The number of amides is 1. The number of anilines is 1. The minimum absolute atomic E-state index is 0.00464. The van der Waals surface area contributed by atoms with Gasteiger partial charge in [-0.3, -0.25) is 4.79 Å². The maximum absolute atomic E-state index is 12.4. The Balaban J connectivity index is 2.67. The van der Waals surface area contributed by atoms with Crippen LogP contribution in [0.15, 0.2) is 24.3 Å². The number of carbonyl (C=O) groups excluding carboxylic acids is 1. The highest BCUT2D eigenvalue weighted by Crippen LogP contribution is 2.16. The molecular formula is C17H28N2O. The van der Waals surface area contributed by atoms with Crippen LogP contribution in [0, 0.1) is 5.92 Å². The molecule has 3 heteroatoms. The van der Waals surface area contributed by atoms with Crippen molar-refractivity contribution in [1.82, 2.24) is 5.32 Å². The summed E-state index contributed by atoms with van der Waals surface area (Å²) in [5.74, 6) is 0.675. The van der Waals surface area contributed by atoms with Crippen LogP contribution in [0.3, 0.4) is 0 Å². The Labute approximate surface area is 123 Å². The van der Waals surface area contributed by atoms with Gasteiger partial charge in [-0.25, -0.2) is 0 Å². The molecule has 20 heavy (non-hydrogen) atoms. The highest BCUT2D eigenvalue weighted by Gasteiger charge is 2.14. The average molecular weight is 276 g/mol. The summed E-state index contributed by atoms with van der Waals surface area (Å²) >= 11 is 0. The molecule has 0 radical (unpaired) electrons. The molecule has 3 nitrogen and oxygen atoms in total. The summed E-state index contributed by atoms with van der Waals surface area (Å²) in [5, 5.41) is 6.40. The molecule has 1 unspecified atom stereocenters. The van der Waals surface area contributed by atoms with Crippen molar-refractivity contribution in [3.05, 3.63) is 29.8 Å². The standard InChI is InChI=1S/C17H28N2O/c1-12(2)10-11-14(5)19-17(20)15-8-6-7-9-16(15)18-13(3)4/h6-9,12-14,18H,10-11H2,1-5H3,(H,19,20). The van der Waals surface area contributed by atoms with E-state index in [0.29, 0.717) is 12.0 Å². The number of hydrogen-bond donors (Lipinski definition) is 2. The monoisotopic (exact) mass is 276 g/mol. The predicted octanol–water partition coefficient (Wildman–Crippen LogP) is 4.06. The molecule has 2 N–H and O–H groups in total. The molecule has 0 aliphatic carbocycles. The van der Waals surface area contributed by atoms with E-state index in [9.17, 15) is 4.79 Å². The van der Waals surface area contributed by atoms with Gasteiger partial charge in [0.1, 0.15) is 0 Å². The van der Waals surface area contributed by atoms with Gasteiger partial charge >= 0.3 is 0 Å². The molecule has 1 amide bonds. The molecule has 1 aromatic carbocycles. The molecule has 112 valence electrons. The summed E-state index contributed by atoms with van der Waals surface area (Å²) < 4.78 is 0. The van der Waals surface area contributed by atoms with Crippen LogP contribution < -0.4 is 10.6 Å². The van der Waals surface area contributed by atoms with Crippen LogP contribution in [-0.2, 0) is 0 Å². The first-order valence-corrected chi connectivity index (χ1v) is 7.56. The van der Waals surface area contributed by atoms with Gasteiger partial charge in [-0.1, -0.05) is 26.0 Å². The Kier molecular flexibility index (Phi) is 6.56. The van der Waals surface area contributed by atoms with Gasteiger partial charge in [0.25, 0.3) is 5.91 Å². The minimum atomic E-state index is 0.00464. The van der Waals surface area contributed by atoms with Gasteiger partial charge in [0.2, 0.25) is 0 Å². The van der Waals surface area contributed by atoms with Gasteiger partial charge in [-0.2, -0.15) is 0 Å². The first-order valence-electron chi connectivity index (χ1n) is 7.56. The lowest BCUT2D eigenvalue weighted by atomic mass is 10.0. The van der Waals surface area contributed by atoms with E-state index in [1.54, 1.807) is 0 Å². The normalized spacial score (nSPS) is 12.6. The summed E-state index contributed by atoms with van der Waals surface area (Å²) in [6.07, 6.45) is 2.15. The second kappa shape index (κ2) is 7.93. The zero-order valence-corrected chi connectivity index (χ0v) is 13.4. The molecular weight excluding hydrogens is 248 g/mol. The summed E-state index contributed by atoms with van der Waals surface area (Å²) in [7, 11) is 0. The van der Waals surface area contributed by atoms with Gasteiger partial charge in [0.05, 0.1) is 5.56 Å². The number of hydrogen-bond acceptors (Lipinski definition) is 2. The number of benzene rings is 1. The fraction of sp³-hybridized carbons (Fsp3) is 0.588. The van der Waals surface area contributed by atoms with Gasteiger partial charge in [0, 0.05) is 17.8 Å². The molecule has 1 atom stereocenters. The van der Waals surface area contributed by atoms with Crippen LogP contribution in [-0.4, -0.2) is 18.0 Å². The Morgan fingerprint density at radius 1 is 1.05 bits per heavy atom. The summed E-state index contributed by atoms with van der Waals surface area (Å²) in [6.45, 7) is 10.6. The summed E-state index contributed by atoms with van der Waals surface area (Å²) in [4.78, 5) is 12.4. The fourth-order valence-electron chi connectivity index (χ4n) is 2.08. The minimum Gasteiger partial charge on any atom is -0.382 e. The van der Waals surface area contributed by atoms with Gasteiger partial charge in [-0.05, 0) is 51.7 Å². The molecule has 0 spiro atoms. The lowest BCUT2D eigenvalue weighted by Gasteiger charge is -2.18. The number of carbonyl (C=O) groups is 1. The zero-order chi connectivity index (χ0) is 15.1. The molecule has 0 aliphatic rings. The average Bonchev–Trinajstić information content (AvgIpc) is 2.36. The smallest absolute Gasteiger partial charge is 0.253 e. The molecule has 1 aromatic rings. The lowest BCUT2D eigenvalue weighted by molar-refractivity contribution is 0.0938. The third kappa shape index (κ3) is 5.64. The lowest BCUT2D eigenvalue weighted by Crippen LogP contribution is -2.33. The quantitative estimate of drug-likeness (QED) is 0.788. The highest BCUT2D eigenvalue weighted by molar-refractivity contribution is 5.99. The van der Waals surface area contributed by atoms with Crippen molar-refractivity contribution >= 4 is 11.6 Å². The number of para-hydroxylation sites is 1. The Hall–Kier alpha value is -1.51. The van der Waals surface area contributed by atoms with E-state index in [1.165, 1.54) is 0 Å². The summed E-state index contributed by atoms with van der Waals surface area (Å²) in [5.41, 5.74) is 1.62. The van der Waals surface area contributed by atoms with E-state index in [0.717, 1.165) is 24.1 Å². The van der Waals surface area contributed by atoms with Crippen molar-refractivity contribution in [1.29, 1.82) is 0 Å². The van der Waals surface area contributed by atoms with Crippen molar-refractivity contribution in [3.63, 3.8) is 0 Å². The molecule has 0 saturated heterocycles. The van der Waals surface area contributed by atoms with Crippen molar-refractivity contribution in [2.75, 3.05) is 5.32 Å². The van der Waals surface area contributed by atoms with Crippen LogP contribution >= 0.6 is 0 Å². The Bertz CT molecular complexity index is 427. The predicted molar refractivity (Wildman–Crippen MR) is 86.2 cm³/mol. The maximum Gasteiger partial charge on any atom is 0.253 e. The molecule has 0 bridgehead atoms. The second-order valence-corrected chi connectivity index (χ2v) is 6.19. The molecule has 0 aromatic heterocycles. The first-order chi connectivity index (χ1) is 9.40. The van der Waals surface area contributed by atoms with E-state index in [1.807, 2.05) is 24.3 Å². The highest BCUT2D eigenvalue weighted by atomic mass is 16.1. The van der Waals surface area contributed by atoms with Crippen LogP contribution in [0.1, 0.15) is 57.8 Å². The van der Waals surface area contributed by atoms with Crippen molar-refractivity contribution in [2.24, 2.45) is 5.92 Å². The van der Waals surface area contributed by atoms with Gasteiger partial charge < -0.3 is 10.6 Å². The van der Waals surface area contributed by atoms with E-state index in [4.69, 9.17) is 0 Å². The van der Waals surface area contributed by atoms with Gasteiger partial charge in [0.15, 0.2) is 0 Å². The van der Waals surface area contributed by atoms with Crippen molar-refractivity contribution in [3.8, 4) is 0 Å². The molecule has 0 saturated carbocycles. The molecule has 0 heterocycles.